The maximum atomic E-state index is 9.26. The van der Waals surface area contributed by atoms with Crippen LogP contribution in [0.3, 0.4) is 0 Å². The first-order valence-corrected chi connectivity index (χ1v) is 6.99. The van der Waals surface area contributed by atoms with Crippen LogP contribution in [0, 0.1) is 11.8 Å². The van der Waals surface area contributed by atoms with Gasteiger partial charge in [-0.25, -0.2) is 0 Å². The topological polar surface area (TPSA) is 44.8 Å². The fourth-order valence-electron chi connectivity index (χ4n) is 2.79. The highest BCUT2D eigenvalue weighted by atomic mass is 16.7. The molecule has 3 atom stereocenters. The van der Waals surface area contributed by atoms with E-state index in [1.807, 2.05) is 0 Å². The summed E-state index contributed by atoms with van der Waals surface area (Å²) in [6, 6.07) is 0.722. The molecular weight excluding hydrogens is 226 g/mol. The third-order valence-electron chi connectivity index (χ3n) is 3.73. The van der Waals surface area contributed by atoms with E-state index < -0.39 is 0 Å². The summed E-state index contributed by atoms with van der Waals surface area (Å²) in [6.45, 7) is 8.83. The molecule has 3 nitrogen and oxygen atoms in total. The number of hydrogen-bond donors (Lipinski definition) is 2. The first-order valence-electron chi connectivity index (χ1n) is 6.99. The molecule has 3 unspecified atom stereocenters. The smallest absolute Gasteiger partial charge is 0.324 e. The Balaban J connectivity index is 1.98. The largest absolute Gasteiger partial charge is 0.478 e. The molecule has 2 rings (SSSR count). The summed E-state index contributed by atoms with van der Waals surface area (Å²) in [4.78, 5) is 0. The van der Waals surface area contributed by atoms with Gasteiger partial charge in [-0.1, -0.05) is 25.5 Å². The Morgan fingerprint density at radius 2 is 2.17 bits per heavy atom. The third-order valence-corrected chi connectivity index (χ3v) is 3.73. The van der Waals surface area contributed by atoms with Crippen LogP contribution in [0.4, 0.5) is 0 Å². The second-order valence-corrected chi connectivity index (χ2v) is 6.21. The van der Waals surface area contributed by atoms with Crippen molar-refractivity contribution >= 4 is 0 Å². The molecule has 0 amide bonds. The van der Waals surface area contributed by atoms with Gasteiger partial charge in [0.2, 0.25) is 5.76 Å². The fraction of sp³-hybridized carbons (Fsp3) is 0.733. The van der Waals surface area contributed by atoms with Crippen molar-refractivity contribution in [2.45, 2.75) is 59.0 Å². The summed E-state index contributed by atoms with van der Waals surface area (Å²) < 4.78 is 5.03. The molecule has 0 aromatic heterocycles. The molecule has 2 heterocycles. The predicted octanol–water partition coefficient (Wildman–Crippen LogP) is 3.49. The quantitative estimate of drug-likeness (QED) is 0.735. The molecule has 0 spiro atoms. The van der Waals surface area contributed by atoms with E-state index in [1.165, 1.54) is 18.4 Å². The van der Waals surface area contributed by atoms with E-state index in [4.69, 9.17) is 4.74 Å². The number of allylic oxidation sites excluding steroid dienone is 1. The third kappa shape index (κ3) is 3.29. The van der Waals surface area contributed by atoms with E-state index in [-0.39, 0.29) is 12.0 Å². The maximum absolute atomic E-state index is 9.26. The Labute approximate surface area is 110 Å². The monoisotopic (exact) mass is 251 g/mol. The lowest BCUT2D eigenvalue weighted by atomic mass is 9.92. The van der Waals surface area contributed by atoms with E-state index in [9.17, 15) is 5.11 Å². The maximum Gasteiger partial charge on any atom is 0.324 e. The van der Waals surface area contributed by atoms with Crippen molar-refractivity contribution in [3.8, 4) is 0 Å². The van der Waals surface area contributed by atoms with Gasteiger partial charge in [0.25, 0.3) is 0 Å². The van der Waals surface area contributed by atoms with Crippen LogP contribution in [0.2, 0.25) is 0 Å². The Morgan fingerprint density at radius 3 is 2.67 bits per heavy atom. The number of hydrogen-bond acceptors (Lipinski definition) is 3. The molecule has 3 heteroatoms. The van der Waals surface area contributed by atoms with Gasteiger partial charge in [-0.2, -0.15) is 0 Å². The molecule has 0 aliphatic carbocycles. The predicted molar refractivity (Wildman–Crippen MR) is 73.1 cm³/mol. The summed E-state index contributed by atoms with van der Waals surface area (Å²) in [5.74, 6) is 2.19. The van der Waals surface area contributed by atoms with Crippen molar-refractivity contribution in [3.63, 3.8) is 0 Å². The number of aliphatic hydroxyl groups excluding tert-OH is 1. The highest BCUT2D eigenvalue weighted by Gasteiger charge is 2.42. The fourth-order valence-corrected chi connectivity index (χ4v) is 2.79. The van der Waals surface area contributed by atoms with Crippen molar-refractivity contribution in [2.24, 2.45) is 11.8 Å². The van der Waals surface area contributed by atoms with Crippen molar-refractivity contribution in [3.05, 3.63) is 23.4 Å². The van der Waals surface area contributed by atoms with E-state index in [2.05, 4.69) is 39.1 Å². The average molecular weight is 251 g/mol. The van der Waals surface area contributed by atoms with Crippen molar-refractivity contribution < 1.29 is 9.84 Å². The molecule has 2 aliphatic rings. The van der Waals surface area contributed by atoms with Crippen LogP contribution in [0.25, 0.3) is 0 Å². The minimum absolute atomic E-state index is 0.132. The molecule has 0 bridgehead atoms. The molecule has 1 fully saturated rings. The van der Waals surface area contributed by atoms with Crippen LogP contribution >= 0.6 is 0 Å². The Hall–Kier alpha value is -0.960. The summed E-state index contributed by atoms with van der Waals surface area (Å²) in [6.07, 6.45) is 5.82. The van der Waals surface area contributed by atoms with Gasteiger partial charge < -0.3 is 15.2 Å². The number of aliphatic hydroxyl groups is 1. The lowest BCUT2D eigenvalue weighted by Crippen LogP contribution is -2.31. The molecule has 2 N–H and O–H groups in total. The van der Waals surface area contributed by atoms with E-state index in [1.54, 1.807) is 0 Å². The van der Waals surface area contributed by atoms with Gasteiger partial charge in [0, 0.05) is 6.04 Å². The molecule has 18 heavy (non-hydrogen) atoms. The van der Waals surface area contributed by atoms with Gasteiger partial charge in [-0.05, 0) is 44.9 Å². The highest BCUT2D eigenvalue weighted by Crippen LogP contribution is 2.36. The minimum atomic E-state index is 0.132. The minimum Gasteiger partial charge on any atom is -0.478 e. The molecule has 0 radical (unpaired) electrons. The second-order valence-electron chi connectivity index (χ2n) is 6.21. The van der Waals surface area contributed by atoms with Crippen molar-refractivity contribution in [1.82, 2.24) is 5.32 Å². The summed E-state index contributed by atoms with van der Waals surface area (Å²) in [5, 5.41) is 12.9. The van der Waals surface area contributed by atoms with Crippen LogP contribution < -0.4 is 5.32 Å². The van der Waals surface area contributed by atoms with Gasteiger partial charge in [-0.15, -0.1) is 0 Å². The lowest BCUT2D eigenvalue weighted by molar-refractivity contribution is 0.269. The zero-order valence-electron chi connectivity index (χ0n) is 11.9. The molecule has 0 aromatic rings. The average Bonchev–Trinajstić information content (AvgIpc) is 2.86. The first-order chi connectivity index (χ1) is 8.47. The first kappa shape index (κ1) is 13.5. The van der Waals surface area contributed by atoms with Crippen LogP contribution in [-0.4, -0.2) is 17.2 Å². The molecule has 2 aliphatic heterocycles. The summed E-state index contributed by atoms with van der Waals surface area (Å²) >= 11 is 0. The normalized spacial score (nSPS) is 30.6. The number of ether oxygens (including phenoxy) is 1. The molecule has 0 aromatic carbocycles. The Kier molecular flexibility index (Phi) is 4.00. The number of nitrogens with one attached hydrogen (secondary N) is 1. The van der Waals surface area contributed by atoms with E-state index >= 15 is 0 Å². The highest BCUT2D eigenvalue weighted by molar-refractivity contribution is 5.22. The van der Waals surface area contributed by atoms with Gasteiger partial charge in [0.15, 0.2) is 0 Å². The summed E-state index contributed by atoms with van der Waals surface area (Å²) in [5.41, 5.74) is 1.37. The van der Waals surface area contributed by atoms with Gasteiger partial charge >= 0.3 is 5.95 Å². The second kappa shape index (κ2) is 5.35. The standard InChI is InChI=1S/C15H25NO2/c1-9(2)5-6-12-11(7-10(3)4)8-13(16-12)14-15(17)18-14/h7,9,11-13,16-17H,5-6,8H2,1-4H3. The zero-order valence-corrected chi connectivity index (χ0v) is 11.9. The molecular formula is C15H25NO2. The zero-order chi connectivity index (χ0) is 13.3. The van der Waals surface area contributed by atoms with E-state index in [0.717, 1.165) is 18.1 Å². The SMILES string of the molecule is CC(C)=CC1CC(C2=C(O)O2)NC1CCC(C)C. The van der Waals surface area contributed by atoms with Gasteiger partial charge in [0.05, 0.1) is 6.04 Å². The van der Waals surface area contributed by atoms with Gasteiger partial charge in [0.1, 0.15) is 0 Å². The van der Waals surface area contributed by atoms with Crippen LogP contribution in [0.1, 0.15) is 47.0 Å². The van der Waals surface area contributed by atoms with Gasteiger partial charge in [-0.3, -0.25) is 0 Å². The number of rotatable bonds is 5. The molecule has 1 saturated heterocycles. The molecule has 0 saturated carbocycles. The molecule has 102 valence electrons. The lowest BCUT2D eigenvalue weighted by Gasteiger charge is -2.18. The van der Waals surface area contributed by atoms with Crippen molar-refractivity contribution in [1.29, 1.82) is 0 Å². The van der Waals surface area contributed by atoms with Crippen LogP contribution in [-0.2, 0) is 4.74 Å². The van der Waals surface area contributed by atoms with Crippen molar-refractivity contribution in [2.75, 3.05) is 0 Å². The summed E-state index contributed by atoms with van der Waals surface area (Å²) in [7, 11) is 0. The Bertz CT molecular complexity index is 367. The van der Waals surface area contributed by atoms with Crippen LogP contribution in [0.5, 0.6) is 0 Å². The van der Waals surface area contributed by atoms with Crippen LogP contribution in [0.15, 0.2) is 23.4 Å². The Morgan fingerprint density at radius 1 is 1.50 bits per heavy atom. The van der Waals surface area contributed by atoms with E-state index in [0.29, 0.717) is 12.0 Å².